The molecule has 2 aromatic heterocycles. The van der Waals surface area contributed by atoms with Crippen molar-refractivity contribution in [3.05, 3.63) is 47.1 Å². The van der Waals surface area contributed by atoms with E-state index in [1.165, 1.54) is 5.56 Å². The molecule has 0 fully saturated rings. The summed E-state index contributed by atoms with van der Waals surface area (Å²) < 4.78 is 5.93. The van der Waals surface area contributed by atoms with Crippen molar-refractivity contribution < 1.29 is 4.74 Å². The Balaban J connectivity index is 1.77. The van der Waals surface area contributed by atoms with Gasteiger partial charge in [-0.3, -0.25) is 0 Å². The first kappa shape index (κ1) is 11.6. The monoisotopic (exact) mass is 284 g/mol. The fourth-order valence-electron chi connectivity index (χ4n) is 2.45. The predicted octanol–water partition coefficient (Wildman–Crippen LogP) is 2.65. The van der Waals surface area contributed by atoms with Crippen LogP contribution >= 0.6 is 11.3 Å². The van der Waals surface area contributed by atoms with Gasteiger partial charge in [-0.15, -0.1) is 11.3 Å². The lowest BCUT2D eigenvalue weighted by Gasteiger charge is -2.11. The summed E-state index contributed by atoms with van der Waals surface area (Å²) in [5.74, 6) is 7.78. The molecular weight excluding hydrogens is 272 g/mol. The van der Waals surface area contributed by atoms with E-state index < -0.39 is 0 Å². The van der Waals surface area contributed by atoms with Crippen molar-refractivity contribution in [1.29, 1.82) is 0 Å². The minimum atomic E-state index is -0.147. The summed E-state index contributed by atoms with van der Waals surface area (Å²) in [6.07, 6.45) is 0.642. The maximum absolute atomic E-state index is 5.93. The van der Waals surface area contributed by atoms with Crippen molar-refractivity contribution in [2.24, 2.45) is 5.84 Å². The van der Waals surface area contributed by atoms with E-state index in [0.29, 0.717) is 11.6 Å². The molecule has 0 radical (unpaired) electrons. The van der Waals surface area contributed by atoms with Crippen molar-refractivity contribution in [2.75, 3.05) is 5.43 Å². The lowest BCUT2D eigenvalue weighted by Crippen LogP contribution is -2.14. The van der Waals surface area contributed by atoms with E-state index in [1.54, 1.807) is 11.3 Å². The highest BCUT2D eigenvalue weighted by atomic mass is 32.1. The van der Waals surface area contributed by atoms with Crippen molar-refractivity contribution in [3.63, 3.8) is 0 Å². The van der Waals surface area contributed by atoms with Gasteiger partial charge in [-0.2, -0.15) is 0 Å². The first-order valence-corrected chi connectivity index (χ1v) is 7.19. The zero-order chi connectivity index (χ0) is 13.5. The number of anilines is 1. The quantitative estimate of drug-likeness (QED) is 0.559. The number of nitrogens with zero attached hydrogens (tertiary/aromatic N) is 2. The molecule has 0 spiro atoms. The number of rotatable bonds is 2. The number of aromatic nitrogens is 2. The van der Waals surface area contributed by atoms with Crippen LogP contribution < -0.4 is 16.0 Å². The Kier molecular flexibility index (Phi) is 2.58. The van der Waals surface area contributed by atoms with E-state index in [2.05, 4.69) is 21.5 Å². The number of hydrogen-bond donors (Lipinski definition) is 2. The Morgan fingerprint density at radius 1 is 1.25 bits per heavy atom. The third-order valence-corrected chi connectivity index (χ3v) is 4.22. The minimum Gasteiger partial charge on any atom is -0.482 e. The van der Waals surface area contributed by atoms with E-state index in [-0.39, 0.29) is 6.10 Å². The molecule has 0 saturated heterocycles. The molecule has 1 aliphatic rings. The zero-order valence-electron chi connectivity index (χ0n) is 10.5. The van der Waals surface area contributed by atoms with Gasteiger partial charge < -0.3 is 10.2 Å². The molecule has 1 aromatic carbocycles. The standard InChI is InChI=1S/C14H12N4OS/c15-18-12-9-5-6-20-14(9)17-13(16-12)11-7-8-3-1-2-4-10(8)19-11/h1-6,11H,7,15H2,(H,16,17,18). The lowest BCUT2D eigenvalue weighted by molar-refractivity contribution is 0.228. The highest BCUT2D eigenvalue weighted by Crippen LogP contribution is 2.36. The Morgan fingerprint density at radius 2 is 2.15 bits per heavy atom. The van der Waals surface area contributed by atoms with Gasteiger partial charge in [0, 0.05) is 6.42 Å². The molecule has 20 heavy (non-hydrogen) atoms. The Morgan fingerprint density at radius 3 is 3.00 bits per heavy atom. The molecule has 3 N–H and O–H groups in total. The zero-order valence-corrected chi connectivity index (χ0v) is 11.4. The van der Waals surface area contributed by atoms with Gasteiger partial charge in [0.2, 0.25) is 0 Å². The highest BCUT2D eigenvalue weighted by Gasteiger charge is 2.27. The van der Waals surface area contributed by atoms with Gasteiger partial charge in [0.25, 0.3) is 0 Å². The topological polar surface area (TPSA) is 73.1 Å². The maximum Gasteiger partial charge on any atom is 0.173 e. The molecule has 0 amide bonds. The van der Waals surface area contributed by atoms with E-state index in [9.17, 15) is 0 Å². The minimum absolute atomic E-state index is 0.147. The number of ether oxygens (including phenoxy) is 1. The van der Waals surface area contributed by atoms with Crippen LogP contribution in [0.4, 0.5) is 5.82 Å². The maximum atomic E-state index is 5.93. The summed E-state index contributed by atoms with van der Waals surface area (Å²) in [6, 6.07) is 9.99. The molecule has 3 heterocycles. The van der Waals surface area contributed by atoms with Crippen LogP contribution in [-0.2, 0) is 6.42 Å². The van der Waals surface area contributed by atoms with E-state index in [4.69, 9.17) is 10.6 Å². The average Bonchev–Trinajstić information content (AvgIpc) is 3.12. The molecular formula is C14H12N4OS. The van der Waals surface area contributed by atoms with Gasteiger partial charge in [-0.05, 0) is 23.1 Å². The molecule has 100 valence electrons. The van der Waals surface area contributed by atoms with E-state index >= 15 is 0 Å². The summed E-state index contributed by atoms with van der Waals surface area (Å²) in [4.78, 5) is 10.0. The summed E-state index contributed by atoms with van der Waals surface area (Å²) in [5, 5.41) is 2.92. The SMILES string of the molecule is NNc1nc(C2Cc3ccccc3O2)nc2sccc12. The molecule has 1 unspecified atom stereocenters. The van der Waals surface area contributed by atoms with Crippen molar-refractivity contribution >= 4 is 27.4 Å². The number of nitrogen functional groups attached to an aromatic ring is 1. The fourth-order valence-corrected chi connectivity index (χ4v) is 3.22. The summed E-state index contributed by atoms with van der Waals surface area (Å²) >= 11 is 1.57. The van der Waals surface area contributed by atoms with Crippen LogP contribution in [-0.4, -0.2) is 9.97 Å². The molecule has 1 aliphatic heterocycles. The average molecular weight is 284 g/mol. The molecule has 4 rings (SSSR count). The second kappa shape index (κ2) is 4.43. The normalized spacial score (nSPS) is 16.9. The fraction of sp³-hybridized carbons (Fsp3) is 0.143. The number of hydrogen-bond acceptors (Lipinski definition) is 6. The Labute approximate surface area is 119 Å². The molecule has 5 nitrogen and oxygen atoms in total. The summed E-state index contributed by atoms with van der Waals surface area (Å²) in [7, 11) is 0. The number of nitrogens with two attached hydrogens (primary N) is 1. The number of hydrazine groups is 1. The van der Waals surface area contributed by atoms with Crippen LogP contribution in [0.25, 0.3) is 10.2 Å². The van der Waals surface area contributed by atoms with Gasteiger partial charge in [0.1, 0.15) is 10.6 Å². The summed E-state index contributed by atoms with van der Waals surface area (Å²) in [6.45, 7) is 0. The number of thiophene rings is 1. The second-order valence-corrected chi connectivity index (χ2v) is 5.53. The smallest absolute Gasteiger partial charge is 0.173 e. The van der Waals surface area contributed by atoms with Gasteiger partial charge in [-0.25, -0.2) is 15.8 Å². The van der Waals surface area contributed by atoms with Crippen molar-refractivity contribution in [3.8, 4) is 5.75 Å². The molecule has 1 atom stereocenters. The van der Waals surface area contributed by atoms with Crippen LogP contribution in [0.1, 0.15) is 17.5 Å². The van der Waals surface area contributed by atoms with Crippen LogP contribution in [0.15, 0.2) is 35.7 Å². The lowest BCUT2D eigenvalue weighted by atomic mass is 10.1. The highest BCUT2D eigenvalue weighted by molar-refractivity contribution is 7.16. The van der Waals surface area contributed by atoms with Crippen LogP contribution in [0.5, 0.6) is 5.75 Å². The molecule has 0 saturated carbocycles. The van der Waals surface area contributed by atoms with Crippen molar-refractivity contribution in [1.82, 2.24) is 9.97 Å². The van der Waals surface area contributed by atoms with E-state index in [0.717, 1.165) is 22.4 Å². The first-order chi connectivity index (χ1) is 9.85. The van der Waals surface area contributed by atoms with Gasteiger partial charge in [0.05, 0.1) is 5.39 Å². The number of para-hydroxylation sites is 1. The van der Waals surface area contributed by atoms with E-state index in [1.807, 2.05) is 29.6 Å². The third kappa shape index (κ3) is 1.73. The Hall–Kier alpha value is -2.18. The third-order valence-electron chi connectivity index (χ3n) is 3.41. The molecule has 0 bridgehead atoms. The van der Waals surface area contributed by atoms with Gasteiger partial charge in [-0.1, -0.05) is 18.2 Å². The van der Waals surface area contributed by atoms with Crippen LogP contribution in [0.3, 0.4) is 0 Å². The largest absolute Gasteiger partial charge is 0.482 e. The van der Waals surface area contributed by atoms with Gasteiger partial charge in [0.15, 0.2) is 17.7 Å². The number of benzene rings is 1. The molecule has 0 aliphatic carbocycles. The van der Waals surface area contributed by atoms with Crippen LogP contribution in [0, 0.1) is 0 Å². The molecule has 3 aromatic rings. The van der Waals surface area contributed by atoms with Crippen LogP contribution in [0.2, 0.25) is 0 Å². The molecule has 6 heteroatoms. The summed E-state index contributed by atoms with van der Waals surface area (Å²) in [5.41, 5.74) is 3.83. The Bertz CT molecular complexity index is 761. The van der Waals surface area contributed by atoms with Crippen molar-refractivity contribution in [2.45, 2.75) is 12.5 Å². The number of nitrogens with one attached hydrogen (secondary N) is 1. The number of fused-ring (bicyclic) bond motifs is 2. The first-order valence-electron chi connectivity index (χ1n) is 6.31. The second-order valence-electron chi connectivity index (χ2n) is 4.63. The van der Waals surface area contributed by atoms with Gasteiger partial charge >= 0.3 is 0 Å². The predicted molar refractivity (Wildman–Crippen MR) is 78.7 cm³/mol.